The molecule has 5 heteroatoms. The minimum atomic E-state index is -3.77. The minimum Gasteiger partial charge on any atom is -0.324 e. The van der Waals surface area contributed by atoms with E-state index in [0.717, 1.165) is 18.7 Å². The largest absolute Gasteiger partial charge is 0.325 e. The van der Waals surface area contributed by atoms with Crippen LogP contribution in [0.3, 0.4) is 0 Å². The second kappa shape index (κ2) is 24.1. The molecule has 0 saturated heterocycles. The van der Waals surface area contributed by atoms with E-state index in [2.05, 4.69) is 0 Å². The first-order valence-electron chi connectivity index (χ1n) is 13.2. The Kier molecular flexibility index (Phi) is 24.4. The van der Waals surface area contributed by atoms with Gasteiger partial charge in [-0.1, -0.05) is 135 Å². The van der Waals surface area contributed by atoms with Crippen molar-refractivity contribution in [3.63, 3.8) is 0 Å². The summed E-state index contributed by atoms with van der Waals surface area (Å²) in [5.41, 5.74) is 0. The van der Waals surface area contributed by atoms with E-state index in [4.69, 9.17) is 21.4 Å². The number of hydrogen-bond donors (Lipinski definition) is 2. The van der Waals surface area contributed by atoms with E-state index in [1.54, 1.807) is 0 Å². The average Bonchev–Trinajstić information content (AvgIpc) is 2.70. The topological polar surface area (TPSA) is 57.5 Å². The quantitative estimate of drug-likeness (QED) is 0.0799. The fourth-order valence-corrected chi connectivity index (χ4v) is 4.95. The van der Waals surface area contributed by atoms with Crippen molar-refractivity contribution in [2.75, 3.05) is 12.0 Å². The predicted molar refractivity (Wildman–Crippen MR) is 134 cm³/mol. The van der Waals surface area contributed by atoms with Crippen LogP contribution in [0.25, 0.3) is 0 Å². The van der Waals surface area contributed by atoms with Gasteiger partial charge >= 0.3 is 7.60 Å². The molecule has 0 atom stereocenters. The zero-order valence-electron chi connectivity index (χ0n) is 19.8. The predicted octanol–water partition coefficient (Wildman–Crippen LogP) is 9.38. The zero-order chi connectivity index (χ0) is 22.2. The molecule has 0 amide bonds. The van der Waals surface area contributed by atoms with Gasteiger partial charge in [0, 0.05) is 12.0 Å². The van der Waals surface area contributed by atoms with Crippen LogP contribution in [-0.4, -0.2) is 21.8 Å². The van der Waals surface area contributed by atoms with Crippen molar-refractivity contribution >= 4 is 19.2 Å². The van der Waals surface area contributed by atoms with E-state index >= 15 is 0 Å². The Hall–Kier alpha value is 0.440. The molecule has 0 unspecified atom stereocenters. The highest BCUT2D eigenvalue weighted by Crippen LogP contribution is 2.35. The third kappa shape index (κ3) is 28.4. The number of hydrogen-bond acceptors (Lipinski definition) is 1. The lowest BCUT2D eigenvalue weighted by Gasteiger charge is -2.05. The molecule has 0 aromatic rings. The molecule has 30 heavy (non-hydrogen) atoms. The second-order valence-electron chi connectivity index (χ2n) is 9.21. The van der Waals surface area contributed by atoms with Crippen LogP contribution in [0.5, 0.6) is 0 Å². The number of rotatable bonds is 25. The minimum absolute atomic E-state index is 0.0586. The number of halogens is 1. The molecule has 0 aliphatic rings. The van der Waals surface area contributed by atoms with Crippen molar-refractivity contribution in [2.24, 2.45) is 0 Å². The van der Waals surface area contributed by atoms with Crippen molar-refractivity contribution in [1.82, 2.24) is 0 Å². The summed E-state index contributed by atoms with van der Waals surface area (Å²) in [4.78, 5) is 17.6. The Bertz CT molecular complexity index is 373. The highest BCUT2D eigenvalue weighted by molar-refractivity contribution is 7.51. The first kappa shape index (κ1) is 30.4. The third-order valence-corrected chi connectivity index (χ3v) is 7.25. The van der Waals surface area contributed by atoms with Gasteiger partial charge in [-0.2, -0.15) is 0 Å². The maximum absolute atomic E-state index is 10.7. The van der Waals surface area contributed by atoms with Crippen LogP contribution >= 0.6 is 19.2 Å². The summed E-state index contributed by atoms with van der Waals surface area (Å²) < 4.78 is 10.7. The molecule has 0 aromatic carbocycles. The smallest absolute Gasteiger partial charge is 0.324 e. The van der Waals surface area contributed by atoms with Crippen LogP contribution in [0.2, 0.25) is 0 Å². The summed E-state index contributed by atoms with van der Waals surface area (Å²) in [5, 5.41) is 0. The van der Waals surface area contributed by atoms with Crippen LogP contribution in [0.4, 0.5) is 0 Å². The third-order valence-electron chi connectivity index (χ3n) is 6.08. The maximum atomic E-state index is 10.7. The van der Waals surface area contributed by atoms with Gasteiger partial charge in [0.05, 0.1) is 0 Å². The lowest BCUT2D eigenvalue weighted by Crippen LogP contribution is -1.88. The first-order chi connectivity index (χ1) is 14.6. The van der Waals surface area contributed by atoms with Crippen molar-refractivity contribution in [3.05, 3.63) is 0 Å². The lowest BCUT2D eigenvalue weighted by molar-refractivity contribution is 0.370. The SMILES string of the molecule is O=P(O)(O)CCCCCCCCCCCCCCCCCCCCCCCCCCl. The highest BCUT2D eigenvalue weighted by atomic mass is 35.5. The van der Waals surface area contributed by atoms with Gasteiger partial charge in [-0.15, -0.1) is 11.6 Å². The molecule has 3 nitrogen and oxygen atoms in total. The van der Waals surface area contributed by atoms with Gasteiger partial charge in [-0.25, -0.2) is 0 Å². The maximum Gasteiger partial charge on any atom is 0.325 e. The molecule has 0 bridgehead atoms. The van der Waals surface area contributed by atoms with Crippen molar-refractivity contribution in [1.29, 1.82) is 0 Å². The number of unbranched alkanes of at least 4 members (excludes halogenated alkanes) is 22. The molecule has 0 aliphatic carbocycles. The fourth-order valence-electron chi connectivity index (χ4n) is 4.12. The van der Waals surface area contributed by atoms with Crippen LogP contribution < -0.4 is 0 Å². The van der Waals surface area contributed by atoms with Gasteiger partial charge in [0.1, 0.15) is 0 Å². The van der Waals surface area contributed by atoms with E-state index in [1.165, 1.54) is 128 Å². The number of alkyl halides is 1. The molecule has 0 spiro atoms. The molecule has 182 valence electrons. The Morgan fingerprint density at radius 3 is 0.800 bits per heavy atom. The fraction of sp³-hybridized carbons (Fsp3) is 1.00. The summed E-state index contributed by atoms with van der Waals surface area (Å²) >= 11 is 5.69. The lowest BCUT2D eigenvalue weighted by atomic mass is 10.0. The van der Waals surface area contributed by atoms with Crippen LogP contribution in [0.1, 0.15) is 148 Å². The van der Waals surface area contributed by atoms with Crippen LogP contribution in [0.15, 0.2) is 0 Å². The van der Waals surface area contributed by atoms with E-state index in [-0.39, 0.29) is 6.16 Å². The van der Waals surface area contributed by atoms with E-state index < -0.39 is 7.60 Å². The molecule has 0 radical (unpaired) electrons. The van der Waals surface area contributed by atoms with Gasteiger partial charge in [0.25, 0.3) is 0 Å². The Balaban J connectivity index is 3.03. The monoisotopic (exact) mass is 466 g/mol. The average molecular weight is 467 g/mol. The second-order valence-corrected chi connectivity index (χ2v) is 11.4. The molecule has 2 N–H and O–H groups in total. The van der Waals surface area contributed by atoms with E-state index in [1.807, 2.05) is 0 Å². The Morgan fingerprint density at radius 2 is 0.600 bits per heavy atom. The van der Waals surface area contributed by atoms with Crippen molar-refractivity contribution in [2.45, 2.75) is 148 Å². The summed E-state index contributed by atoms with van der Waals surface area (Å²) in [5.74, 6) is 0.828. The van der Waals surface area contributed by atoms with E-state index in [0.29, 0.717) is 6.42 Å². The van der Waals surface area contributed by atoms with Gasteiger partial charge in [-0.05, 0) is 12.8 Å². The van der Waals surface area contributed by atoms with Crippen LogP contribution in [-0.2, 0) is 4.57 Å². The molecular formula is C25H52ClO3P. The molecule has 0 aromatic heterocycles. The van der Waals surface area contributed by atoms with Gasteiger partial charge in [-0.3, -0.25) is 4.57 Å². The van der Waals surface area contributed by atoms with Gasteiger partial charge in [0.2, 0.25) is 0 Å². The summed E-state index contributed by atoms with van der Waals surface area (Å²) in [6, 6.07) is 0. The van der Waals surface area contributed by atoms with E-state index in [9.17, 15) is 4.57 Å². The molecule has 0 rings (SSSR count). The molecule has 0 heterocycles. The normalized spacial score (nSPS) is 12.0. The van der Waals surface area contributed by atoms with Gasteiger partial charge in [0.15, 0.2) is 0 Å². The molecular weight excluding hydrogens is 415 g/mol. The van der Waals surface area contributed by atoms with Crippen molar-refractivity contribution in [3.8, 4) is 0 Å². The summed E-state index contributed by atoms with van der Waals surface area (Å²) in [6.45, 7) is 0. The summed E-state index contributed by atoms with van der Waals surface area (Å²) in [7, 11) is -3.77. The first-order valence-corrected chi connectivity index (χ1v) is 15.5. The Labute approximate surface area is 193 Å². The highest BCUT2D eigenvalue weighted by Gasteiger charge is 2.10. The Morgan fingerprint density at radius 1 is 0.400 bits per heavy atom. The zero-order valence-corrected chi connectivity index (χ0v) is 21.5. The van der Waals surface area contributed by atoms with Crippen molar-refractivity contribution < 1.29 is 14.4 Å². The molecule has 0 fully saturated rings. The molecule has 0 aliphatic heterocycles. The van der Waals surface area contributed by atoms with Gasteiger partial charge < -0.3 is 9.79 Å². The standard InChI is InChI=1S/C25H52ClO3P/c26-24-22-20-18-16-14-12-10-8-6-4-2-1-3-5-7-9-11-13-15-17-19-21-23-25-30(27,28)29/h1-25H2,(H2,27,28,29). The summed E-state index contributed by atoms with van der Waals surface area (Å²) in [6.07, 6.45) is 30.3. The van der Waals surface area contributed by atoms with Crippen LogP contribution in [0, 0.1) is 0 Å². The molecule has 0 saturated carbocycles.